The summed E-state index contributed by atoms with van der Waals surface area (Å²) in [5.74, 6) is 1.76. The first kappa shape index (κ1) is 12.4. The molecule has 1 saturated heterocycles. The molecule has 0 aromatic rings. The van der Waals surface area contributed by atoms with Gasteiger partial charge in [-0.05, 0) is 24.7 Å². The maximum absolute atomic E-state index is 3.72. The van der Waals surface area contributed by atoms with E-state index in [1.54, 1.807) is 0 Å². The maximum atomic E-state index is 3.72. The van der Waals surface area contributed by atoms with E-state index >= 15 is 0 Å². The van der Waals surface area contributed by atoms with Crippen LogP contribution in [0.5, 0.6) is 0 Å². The van der Waals surface area contributed by atoms with Crippen molar-refractivity contribution >= 4 is 0 Å². The third-order valence-electron chi connectivity index (χ3n) is 4.60. The zero-order valence-electron chi connectivity index (χ0n) is 11.4. The molecule has 2 fully saturated rings. The Balaban J connectivity index is 1.95. The van der Waals surface area contributed by atoms with E-state index in [1.807, 2.05) is 0 Å². The Labute approximate surface area is 101 Å². The van der Waals surface area contributed by atoms with Crippen molar-refractivity contribution in [3.63, 3.8) is 0 Å². The van der Waals surface area contributed by atoms with Gasteiger partial charge in [0, 0.05) is 31.2 Å². The lowest BCUT2D eigenvalue weighted by Gasteiger charge is -2.42. The van der Waals surface area contributed by atoms with Crippen molar-refractivity contribution in [2.24, 2.45) is 11.8 Å². The van der Waals surface area contributed by atoms with Crippen molar-refractivity contribution in [1.82, 2.24) is 10.2 Å². The maximum Gasteiger partial charge on any atom is 0.0221 e. The van der Waals surface area contributed by atoms with Crippen molar-refractivity contribution in [2.75, 3.05) is 13.1 Å². The van der Waals surface area contributed by atoms with Gasteiger partial charge < -0.3 is 5.32 Å². The van der Waals surface area contributed by atoms with E-state index in [0.29, 0.717) is 6.04 Å². The second-order valence-electron chi connectivity index (χ2n) is 5.99. The molecule has 2 aliphatic rings. The minimum absolute atomic E-state index is 0.709. The van der Waals surface area contributed by atoms with Crippen molar-refractivity contribution in [1.29, 1.82) is 0 Å². The minimum atomic E-state index is 0.709. The molecule has 4 atom stereocenters. The van der Waals surface area contributed by atoms with Crippen molar-refractivity contribution in [3.05, 3.63) is 0 Å². The summed E-state index contributed by atoms with van der Waals surface area (Å²) in [4.78, 5) is 2.81. The lowest BCUT2D eigenvalue weighted by Crippen LogP contribution is -2.58. The summed E-state index contributed by atoms with van der Waals surface area (Å²) >= 11 is 0. The van der Waals surface area contributed by atoms with Gasteiger partial charge in [-0.15, -0.1) is 0 Å². The van der Waals surface area contributed by atoms with Gasteiger partial charge in [-0.3, -0.25) is 4.90 Å². The molecule has 0 bridgehead atoms. The molecule has 2 rings (SSSR count). The number of hydrogen-bond acceptors (Lipinski definition) is 2. The molecule has 0 aromatic carbocycles. The highest BCUT2D eigenvalue weighted by atomic mass is 15.3. The highest BCUT2D eigenvalue weighted by molar-refractivity contribution is 5.00. The smallest absolute Gasteiger partial charge is 0.0221 e. The molecule has 0 amide bonds. The molecule has 1 aliphatic heterocycles. The topological polar surface area (TPSA) is 15.3 Å². The lowest BCUT2D eigenvalue weighted by atomic mass is 9.98. The van der Waals surface area contributed by atoms with Crippen LogP contribution in [0.4, 0.5) is 0 Å². The summed E-state index contributed by atoms with van der Waals surface area (Å²) in [6, 6.07) is 2.41. The van der Waals surface area contributed by atoms with Gasteiger partial charge >= 0.3 is 0 Å². The van der Waals surface area contributed by atoms with E-state index in [4.69, 9.17) is 0 Å². The number of piperazine rings is 1. The Bertz CT molecular complexity index is 227. The molecule has 2 heteroatoms. The van der Waals surface area contributed by atoms with Crippen LogP contribution >= 0.6 is 0 Å². The predicted octanol–water partition coefficient (Wildman–Crippen LogP) is 2.49. The van der Waals surface area contributed by atoms with E-state index < -0.39 is 0 Å². The highest BCUT2D eigenvalue weighted by Gasteiger charge is 2.44. The summed E-state index contributed by atoms with van der Waals surface area (Å²) in [6.45, 7) is 11.8. The summed E-state index contributed by atoms with van der Waals surface area (Å²) in [5.41, 5.74) is 0. The first-order valence-corrected chi connectivity index (χ1v) is 7.16. The van der Waals surface area contributed by atoms with Crippen LogP contribution in [0.15, 0.2) is 0 Å². The Morgan fingerprint density at radius 2 is 2.00 bits per heavy atom. The van der Waals surface area contributed by atoms with Gasteiger partial charge in [0.1, 0.15) is 0 Å². The molecule has 1 saturated carbocycles. The zero-order valence-corrected chi connectivity index (χ0v) is 11.4. The fourth-order valence-corrected chi connectivity index (χ4v) is 3.15. The molecule has 2 nitrogen and oxygen atoms in total. The second kappa shape index (κ2) is 5.05. The molecule has 0 radical (unpaired) electrons. The number of nitrogens with zero attached hydrogens (tertiary/aromatic N) is 1. The predicted molar refractivity (Wildman–Crippen MR) is 69.6 cm³/mol. The van der Waals surface area contributed by atoms with Crippen LogP contribution in [0.2, 0.25) is 0 Å². The second-order valence-corrected chi connectivity index (χ2v) is 5.99. The largest absolute Gasteiger partial charge is 0.311 e. The van der Waals surface area contributed by atoms with Gasteiger partial charge in [0.2, 0.25) is 0 Å². The quantitative estimate of drug-likeness (QED) is 0.789. The first-order chi connectivity index (χ1) is 7.67. The van der Waals surface area contributed by atoms with E-state index in [9.17, 15) is 0 Å². The Morgan fingerprint density at radius 1 is 1.25 bits per heavy atom. The van der Waals surface area contributed by atoms with Gasteiger partial charge in [0.25, 0.3) is 0 Å². The molecule has 0 spiro atoms. The lowest BCUT2D eigenvalue weighted by molar-refractivity contribution is 0.0969. The van der Waals surface area contributed by atoms with Crippen LogP contribution in [0.25, 0.3) is 0 Å². The number of hydrogen-bond donors (Lipinski definition) is 1. The van der Waals surface area contributed by atoms with E-state index in [0.717, 1.165) is 23.9 Å². The average Bonchev–Trinajstić information content (AvgIpc) is 3.07. The SMILES string of the molecule is CCC1CC1N1CC(C(C)C)NCC1CC. The van der Waals surface area contributed by atoms with Crippen LogP contribution in [-0.4, -0.2) is 36.1 Å². The van der Waals surface area contributed by atoms with Crippen LogP contribution in [0.1, 0.15) is 47.0 Å². The first-order valence-electron chi connectivity index (χ1n) is 7.16. The monoisotopic (exact) mass is 224 g/mol. The number of rotatable bonds is 4. The molecule has 1 N–H and O–H groups in total. The molecular formula is C14H28N2. The van der Waals surface area contributed by atoms with E-state index in [-0.39, 0.29) is 0 Å². The van der Waals surface area contributed by atoms with E-state index in [1.165, 1.54) is 32.4 Å². The Hall–Kier alpha value is -0.0800. The van der Waals surface area contributed by atoms with Crippen LogP contribution in [-0.2, 0) is 0 Å². The molecule has 1 aliphatic carbocycles. The van der Waals surface area contributed by atoms with Gasteiger partial charge in [0.15, 0.2) is 0 Å². The van der Waals surface area contributed by atoms with E-state index in [2.05, 4.69) is 37.9 Å². The molecule has 4 unspecified atom stereocenters. The standard InChI is InChI=1S/C14H28N2/c1-5-11-7-14(11)16-9-13(10(3)4)15-8-12(16)6-2/h10-15H,5-9H2,1-4H3. The molecule has 16 heavy (non-hydrogen) atoms. The van der Waals surface area contributed by atoms with Gasteiger partial charge in [-0.2, -0.15) is 0 Å². The third kappa shape index (κ3) is 2.43. The van der Waals surface area contributed by atoms with Crippen molar-refractivity contribution < 1.29 is 0 Å². The number of nitrogens with one attached hydrogen (secondary N) is 1. The third-order valence-corrected chi connectivity index (χ3v) is 4.60. The van der Waals surface area contributed by atoms with Crippen molar-refractivity contribution in [3.8, 4) is 0 Å². The van der Waals surface area contributed by atoms with Crippen LogP contribution in [0.3, 0.4) is 0 Å². The average molecular weight is 224 g/mol. The van der Waals surface area contributed by atoms with Gasteiger partial charge in [-0.25, -0.2) is 0 Å². The van der Waals surface area contributed by atoms with Gasteiger partial charge in [-0.1, -0.05) is 34.1 Å². The fraction of sp³-hybridized carbons (Fsp3) is 1.00. The molecule has 94 valence electrons. The molecule has 1 heterocycles. The normalized spacial score (nSPS) is 40.3. The highest BCUT2D eigenvalue weighted by Crippen LogP contribution is 2.40. The summed E-state index contributed by atoms with van der Waals surface area (Å²) in [6.07, 6.45) is 4.12. The summed E-state index contributed by atoms with van der Waals surface area (Å²) in [5, 5.41) is 3.72. The Kier molecular flexibility index (Phi) is 3.91. The van der Waals surface area contributed by atoms with Crippen LogP contribution < -0.4 is 5.32 Å². The van der Waals surface area contributed by atoms with Gasteiger partial charge in [0.05, 0.1) is 0 Å². The molecular weight excluding hydrogens is 196 g/mol. The van der Waals surface area contributed by atoms with Crippen LogP contribution in [0, 0.1) is 11.8 Å². The van der Waals surface area contributed by atoms with Crippen molar-refractivity contribution in [2.45, 2.75) is 65.1 Å². The molecule has 0 aromatic heterocycles. The zero-order chi connectivity index (χ0) is 11.7. The summed E-state index contributed by atoms with van der Waals surface area (Å²) < 4.78 is 0. The minimum Gasteiger partial charge on any atom is -0.311 e. The Morgan fingerprint density at radius 3 is 2.50 bits per heavy atom. The fourth-order valence-electron chi connectivity index (χ4n) is 3.15. The summed E-state index contributed by atoms with van der Waals surface area (Å²) in [7, 11) is 0.